The zero-order valence-corrected chi connectivity index (χ0v) is 36.9. The predicted octanol–water partition coefficient (Wildman–Crippen LogP) is -2.37. The van der Waals surface area contributed by atoms with E-state index < -0.39 is 96.3 Å². The van der Waals surface area contributed by atoms with Gasteiger partial charge in [0.1, 0.15) is 48.3 Å². The summed E-state index contributed by atoms with van der Waals surface area (Å²) in [5.74, 6) is -5.61. The molecule has 3 rings (SSSR count). The second kappa shape index (κ2) is 24.7. The van der Waals surface area contributed by atoms with E-state index in [-0.39, 0.29) is 55.9 Å². The predicted molar refractivity (Wildman–Crippen MR) is 232 cm³/mol. The zero-order valence-electron chi connectivity index (χ0n) is 36.9. The lowest BCUT2D eigenvalue weighted by atomic mass is 9.97. The molecule has 1 aromatic carbocycles. The van der Waals surface area contributed by atoms with Crippen LogP contribution in [0.3, 0.4) is 0 Å². The molecule has 2 aliphatic heterocycles. The fourth-order valence-electron chi connectivity index (χ4n) is 7.58. The summed E-state index contributed by atoms with van der Waals surface area (Å²) in [5, 5.41) is 32.9. The molecule has 0 spiro atoms. The summed E-state index contributed by atoms with van der Waals surface area (Å²) < 4.78 is 0. The molecule has 0 bridgehead atoms. The van der Waals surface area contributed by atoms with E-state index in [1.165, 1.54) is 21.9 Å². The highest BCUT2D eigenvalue weighted by molar-refractivity contribution is 5.98. The van der Waals surface area contributed by atoms with Crippen LogP contribution in [0.15, 0.2) is 29.3 Å². The van der Waals surface area contributed by atoms with Crippen LogP contribution in [0, 0.1) is 11.8 Å². The molecule has 13 N–H and O–H groups in total. The maximum Gasteiger partial charge on any atom is 0.246 e. The van der Waals surface area contributed by atoms with Gasteiger partial charge in [0.2, 0.25) is 41.4 Å². The first kappa shape index (κ1) is 51.5. The number of hydrogen-bond acceptors (Lipinski definition) is 12. The molecule has 63 heavy (non-hydrogen) atoms. The molecular formula is C42H67N11O10. The smallest absolute Gasteiger partial charge is 0.246 e. The van der Waals surface area contributed by atoms with Crippen LogP contribution >= 0.6 is 0 Å². The molecule has 0 aromatic heterocycles. The van der Waals surface area contributed by atoms with E-state index >= 15 is 0 Å². The largest absolute Gasteiger partial charge is 0.508 e. The van der Waals surface area contributed by atoms with Crippen LogP contribution in [-0.2, 0) is 44.8 Å². The number of phenols is 1. The highest BCUT2D eigenvalue weighted by Crippen LogP contribution is 2.26. The van der Waals surface area contributed by atoms with Crippen LogP contribution in [0.4, 0.5) is 0 Å². The summed E-state index contributed by atoms with van der Waals surface area (Å²) >= 11 is 0. The number of aldehydes is 1. The Bertz CT molecular complexity index is 1790. The Kier molecular flexibility index (Phi) is 20.2. The van der Waals surface area contributed by atoms with Gasteiger partial charge in [-0.15, -0.1) is 0 Å². The molecule has 350 valence electrons. The van der Waals surface area contributed by atoms with Crippen LogP contribution in [0.2, 0.25) is 0 Å². The number of rotatable bonds is 23. The maximum absolute atomic E-state index is 13.9. The van der Waals surface area contributed by atoms with Gasteiger partial charge in [0, 0.05) is 19.6 Å². The summed E-state index contributed by atoms with van der Waals surface area (Å²) in [6.45, 7) is 8.27. The molecule has 2 aliphatic rings. The number of likely N-dealkylation sites (tertiary alicyclic amines) is 2. The molecule has 1 aromatic rings. The third-order valence-corrected chi connectivity index (χ3v) is 11.4. The molecule has 0 unspecified atom stereocenters. The van der Waals surface area contributed by atoms with Crippen molar-refractivity contribution in [3.63, 3.8) is 0 Å². The highest BCUT2D eigenvalue weighted by atomic mass is 16.3. The Hall–Kier alpha value is -5.83. The van der Waals surface area contributed by atoms with Gasteiger partial charge in [0.05, 0.1) is 18.7 Å². The third-order valence-electron chi connectivity index (χ3n) is 11.4. The van der Waals surface area contributed by atoms with Crippen molar-refractivity contribution < 1.29 is 48.6 Å². The van der Waals surface area contributed by atoms with E-state index in [0.29, 0.717) is 50.5 Å². The molecule has 21 heteroatoms. The lowest BCUT2D eigenvalue weighted by Gasteiger charge is -2.33. The van der Waals surface area contributed by atoms with Gasteiger partial charge in [-0.25, -0.2) is 0 Å². The minimum atomic E-state index is -1.58. The van der Waals surface area contributed by atoms with Crippen molar-refractivity contribution in [2.24, 2.45) is 34.0 Å². The molecule has 2 heterocycles. The summed E-state index contributed by atoms with van der Waals surface area (Å²) in [6.07, 6.45) is 3.14. The molecule has 7 amide bonds. The van der Waals surface area contributed by atoms with Gasteiger partial charge in [0.25, 0.3) is 0 Å². The summed E-state index contributed by atoms with van der Waals surface area (Å²) in [6, 6.07) is -2.60. The fourth-order valence-corrected chi connectivity index (χ4v) is 7.58. The second-order valence-electron chi connectivity index (χ2n) is 16.6. The zero-order chi connectivity index (χ0) is 47.0. The normalized spacial score (nSPS) is 19.4. The van der Waals surface area contributed by atoms with Gasteiger partial charge in [-0.05, 0) is 81.4 Å². The molecule has 0 radical (unpaired) electrons. The van der Waals surface area contributed by atoms with Crippen LogP contribution in [-0.4, -0.2) is 148 Å². The average molecular weight is 886 g/mol. The maximum atomic E-state index is 13.9. The standard InChI is InChI=1S/C42H67N11O10/c1-6-24(4)34(39(61)47-27(21-54)20-26-13-15-28(56)16-14-26)51-36(58)30(22-55)49-35(57)29(10-7-17-46-42(44)45)48-38(60)33(23(2)3)50-37(59)31-11-8-18-52(31)41(63)32-12-9-19-53(32)40(62)25(5)43/h13-16,21,23-25,27,29-34,55-56H,6-12,17-20,22,43H2,1-5H3,(H,47,61)(H,48,60)(H,49,57)(H,50,59)(H,51,58)(H4,44,45,46)/t24-,25-,27-,29-,30-,31-,32-,33-,34-/m0/s1. The number of aromatic hydroxyl groups is 1. The summed E-state index contributed by atoms with van der Waals surface area (Å²) in [7, 11) is 0. The van der Waals surface area contributed by atoms with Crippen molar-refractivity contribution in [2.75, 3.05) is 26.2 Å². The Morgan fingerprint density at radius 3 is 1.97 bits per heavy atom. The number of aliphatic hydroxyl groups is 1. The van der Waals surface area contributed by atoms with E-state index in [9.17, 15) is 48.6 Å². The van der Waals surface area contributed by atoms with Gasteiger partial charge in [-0.1, -0.05) is 46.2 Å². The minimum absolute atomic E-state index is 0.0339. The lowest BCUT2D eigenvalue weighted by molar-refractivity contribution is -0.147. The van der Waals surface area contributed by atoms with E-state index in [1.807, 2.05) is 0 Å². The fraction of sp³-hybridized carbons (Fsp3) is 0.643. The first-order chi connectivity index (χ1) is 29.8. The van der Waals surface area contributed by atoms with Crippen LogP contribution in [0.5, 0.6) is 5.75 Å². The van der Waals surface area contributed by atoms with Crippen molar-refractivity contribution in [3.05, 3.63) is 29.8 Å². The van der Waals surface area contributed by atoms with Crippen molar-refractivity contribution in [2.45, 2.75) is 134 Å². The van der Waals surface area contributed by atoms with Crippen LogP contribution in [0.1, 0.15) is 85.1 Å². The highest BCUT2D eigenvalue weighted by Gasteiger charge is 2.43. The van der Waals surface area contributed by atoms with E-state index in [2.05, 4.69) is 31.6 Å². The number of carbonyl (C=O) groups excluding carboxylic acids is 8. The van der Waals surface area contributed by atoms with Crippen molar-refractivity contribution in [3.8, 4) is 5.75 Å². The van der Waals surface area contributed by atoms with Crippen molar-refractivity contribution in [1.82, 2.24) is 36.4 Å². The van der Waals surface area contributed by atoms with Gasteiger partial charge in [-0.2, -0.15) is 0 Å². The monoisotopic (exact) mass is 886 g/mol. The third kappa shape index (κ3) is 14.9. The van der Waals surface area contributed by atoms with Crippen molar-refractivity contribution >= 4 is 53.6 Å². The molecule has 2 fully saturated rings. The Morgan fingerprint density at radius 2 is 1.40 bits per heavy atom. The number of aliphatic imine (C=N–C) groups is 1. The average Bonchev–Trinajstić information content (AvgIpc) is 3.95. The molecule has 9 atom stereocenters. The minimum Gasteiger partial charge on any atom is -0.508 e. The number of nitrogens with one attached hydrogen (secondary N) is 5. The molecular weight excluding hydrogens is 819 g/mol. The summed E-state index contributed by atoms with van der Waals surface area (Å²) in [4.78, 5) is 114. The number of hydrogen-bond donors (Lipinski definition) is 10. The Morgan fingerprint density at radius 1 is 0.810 bits per heavy atom. The molecule has 2 saturated heterocycles. The van der Waals surface area contributed by atoms with Crippen LogP contribution in [0.25, 0.3) is 0 Å². The number of phenolic OH excluding ortho intramolecular Hbond substituents is 1. The van der Waals surface area contributed by atoms with E-state index in [1.54, 1.807) is 46.8 Å². The number of guanidine groups is 1. The molecule has 21 nitrogen and oxygen atoms in total. The first-order valence-electron chi connectivity index (χ1n) is 21.6. The van der Waals surface area contributed by atoms with Crippen molar-refractivity contribution in [1.29, 1.82) is 0 Å². The quantitative estimate of drug-likeness (QED) is 0.0238. The van der Waals surface area contributed by atoms with Crippen LogP contribution < -0.4 is 43.8 Å². The lowest BCUT2D eigenvalue weighted by Crippen LogP contribution is -2.61. The van der Waals surface area contributed by atoms with Gasteiger partial charge in [0.15, 0.2) is 5.96 Å². The summed E-state index contributed by atoms with van der Waals surface area (Å²) in [5.41, 5.74) is 17.4. The number of carbonyl (C=O) groups is 8. The molecule has 0 aliphatic carbocycles. The SMILES string of the molecule is CC[C@H](C)[C@H](NC(=O)[C@H](CO)NC(=O)[C@H](CCCN=C(N)N)NC(=O)[C@@H](NC(=O)[C@@H]1CCCN1C(=O)[C@@H]1CCCN1C(=O)[C@H](C)N)C(C)C)C(=O)N[C@H](C=O)Cc1ccc(O)cc1. The number of amides is 7. The van der Waals surface area contributed by atoms with E-state index in [4.69, 9.17) is 17.2 Å². The van der Waals surface area contributed by atoms with Gasteiger partial charge in [-0.3, -0.25) is 38.6 Å². The Labute approximate surface area is 368 Å². The van der Waals surface area contributed by atoms with Gasteiger partial charge >= 0.3 is 0 Å². The topological polar surface area (TPSA) is 334 Å². The number of benzene rings is 1. The number of aliphatic hydroxyl groups excluding tert-OH is 1. The van der Waals surface area contributed by atoms with Gasteiger partial charge < -0.3 is 68.6 Å². The first-order valence-corrected chi connectivity index (χ1v) is 21.6. The Balaban J connectivity index is 1.75. The molecule has 0 saturated carbocycles. The second-order valence-corrected chi connectivity index (χ2v) is 16.6. The number of nitrogens with zero attached hydrogens (tertiary/aromatic N) is 3. The van der Waals surface area contributed by atoms with E-state index in [0.717, 1.165) is 0 Å². The number of nitrogens with two attached hydrogens (primary N) is 3.